The number of aryl methyl sites for hydroxylation is 1. The van der Waals surface area contributed by atoms with Gasteiger partial charge in [0.25, 0.3) is 0 Å². The number of hydrogen-bond donors (Lipinski definition) is 2. The maximum Gasteiger partial charge on any atom is 0.191 e. The van der Waals surface area contributed by atoms with Crippen LogP contribution >= 0.6 is 0 Å². The number of likely N-dealkylation sites (tertiary alicyclic amines) is 1. The van der Waals surface area contributed by atoms with Crippen LogP contribution in [0.15, 0.2) is 23.2 Å². The van der Waals surface area contributed by atoms with Crippen molar-refractivity contribution in [2.75, 3.05) is 33.2 Å². The molecule has 1 fully saturated rings. The second kappa shape index (κ2) is 8.87. The average molecular weight is 320 g/mol. The fourth-order valence-electron chi connectivity index (χ4n) is 2.93. The SMILES string of the molecule is CCNC(=NCc1ccc(C)c(F)c1)NCC1CCCN(C)C1. The van der Waals surface area contributed by atoms with E-state index in [2.05, 4.69) is 34.5 Å². The summed E-state index contributed by atoms with van der Waals surface area (Å²) in [4.78, 5) is 6.96. The van der Waals surface area contributed by atoms with Crippen molar-refractivity contribution < 1.29 is 4.39 Å². The lowest BCUT2D eigenvalue weighted by atomic mass is 9.99. The Labute approximate surface area is 139 Å². The molecule has 0 aliphatic carbocycles. The van der Waals surface area contributed by atoms with Gasteiger partial charge in [-0.05, 0) is 63.4 Å². The van der Waals surface area contributed by atoms with Gasteiger partial charge < -0.3 is 15.5 Å². The molecular formula is C18H29FN4. The van der Waals surface area contributed by atoms with Crippen LogP contribution in [-0.2, 0) is 6.54 Å². The Morgan fingerprint density at radius 1 is 1.39 bits per heavy atom. The molecule has 0 radical (unpaired) electrons. The molecule has 0 saturated carbocycles. The van der Waals surface area contributed by atoms with E-state index in [-0.39, 0.29) is 5.82 Å². The molecule has 1 saturated heterocycles. The number of nitrogens with zero attached hydrogens (tertiary/aromatic N) is 2. The van der Waals surface area contributed by atoms with Crippen LogP contribution in [0.1, 0.15) is 30.9 Å². The summed E-state index contributed by atoms with van der Waals surface area (Å²) in [6, 6.07) is 5.30. The zero-order valence-electron chi connectivity index (χ0n) is 14.5. The van der Waals surface area contributed by atoms with Crippen molar-refractivity contribution in [1.29, 1.82) is 0 Å². The van der Waals surface area contributed by atoms with Crippen molar-refractivity contribution in [2.45, 2.75) is 33.2 Å². The summed E-state index contributed by atoms with van der Waals surface area (Å²) < 4.78 is 13.6. The minimum atomic E-state index is -0.166. The molecule has 1 aliphatic heterocycles. The minimum Gasteiger partial charge on any atom is -0.357 e. The topological polar surface area (TPSA) is 39.7 Å². The number of hydrogen-bond acceptors (Lipinski definition) is 2. The molecule has 128 valence electrons. The Hall–Kier alpha value is -1.62. The third-order valence-electron chi connectivity index (χ3n) is 4.28. The van der Waals surface area contributed by atoms with Gasteiger partial charge in [0, 0.05) is 19.6 Å². The highest BCUT2D eigenvalue weighted by Gasteiger charge is 2.17. The van der Waals surface area contributed by atoms with E-state index in [0.29, 0.717) is 18.0 Å². The first-order chi connectivity index (χ1) is 11.1. The van der Waals surface area contributed by atoms with Gasteiger partial charge in [-0.3, -0.25) is 0 Å². The van der Waals surface area contributed by atoms with Gasteiger partial charge in [0.2, 0.25) is 0 Å². The van der Waals surface area contributed by atoms with E-state index in [1.807, 2.05) is 6.07 Å². The number of rotatable bonds is 5. The zero-order valence-corrected chi connectivity index (χ0v) is 14.5. The Kier molecular flexibility index (Phi) is 6.84. The van der Waals surface area contributed by atoms with Gasteiger partial charge in [0.05, 0.1) is 6.54 Å². The molecule has 5 heteroatoms. The number of nitrogens with one attached hydrogen (secondary N) is 2. The van der Waals surface area contributed by atoms with E-state index < -0.39 is 0 Å². The molecule has 1 aromatic rings. The van der Waals surface area contributed by atoms with Gasteiger partial charge in [-0.2, -0.15) is 0 Å². The minimum absolute atomic E-state index is 0.166. The molecule has 0 bridgehead atoms. The number of piperidine rings is 1. The van der Waals surface area contributed by atoms with Gasteiger partial charge in [0.15, 0.2) is 5.96 Å². The summed E-state index contributed by atoms with van der Waals surface area (Å²) in [5, 5.41) is 6.69. The molecule has 1 aliphatic rings. The quantitative estimate of drug-likeness (QED) is 0.647. The van der Waals surface area contributed by atoms with Crippen LogP contribution < -0.4 is 10.6 Å². The normalized spacial score (nSPS) is 19.7. The maximum absolute atomic E-state index is 13.6. The molecule has 0 aromatic heterocycles. The Bertz CT molecular complexity index is 530. The fourth-order valence-corrected chi connectivity index (χ4v) is 2.93. The van der Waals surface area contributed by atoms with Gasteiger partial charge in [-0.1, -0.05) is 12.1 Å². The highest BCUT2D eigenvalue weighted by molar-refractivity contribution is 5.79. The van der Waals surface area contributed by atoms with E-state index in [0.717, 1.165) is 31.2 Å². The van der Waals surface area contributed by atoms with E-state index in [4.69, 9.17) is 0 Å². The van der Waals surface area contributed by atoms with Crippen molar-refractivity contribution in [3.63, 3.8) is 0 Å². The van der Waals surface area contributed by atoms with E-state index >= 15 is 0 Å². The number of benzene rings is 1. The van der Waals surface area contributed by atoms with Crippen LogP contribution in [0, 0.1) is 18.7 Å². The summed E-state index contributed by atoms with van der Waals surface area (Å²) in [6.45, 7) is 8.39. The lowest BCUT2D eigenvalue weighted by Crippen LogP contribution is -2.43. The third-order valence-corrected chi connectivity index (χ3v) is 4.28. The lowest BCUT2D eigenvalue weighted by Gasteiger charge is -2.30. The molecule has 1 atom stereocenters. The first-order valence-electron chi connectivity index (χ1n) is 8.54. The predicted molar refractivity (Wildman–Crippen MR) is 94.2 cm³/mol. The largest absolute Gasteiger partial charge is 0.357 e. The second-order valence-electron chi connectivity index (χ2n) is 6.43. The fraction of sp³-hybridized carbons (Fsp3) is 0.611. The van der Waals surface area contributed by atoms with Gasteiger partial charge in [-0.15, -0.1) is 0 Å². The van der Waals surface area contributed by atoms with E-state index in [1.54, 1.807) is 19.1 Å². The average Bonchev–Trinajstić information content (AvgIpc) is 2.53. The Balaban J connectivity index is 1.89. The predicted octanol–water partition coefficient (Wildman–Crippen LogP) is 2.53. The maximum atomic E-state index is 13.6. The molecule has 1 heterocycles. The van der Waals surface area contributed by atoms with Crippen molar-refractivity contribution in [3.8, 4) is 0 Å². The highest BCUT2D eigenvalue weighted by Crippen LogP contribution is 2.14. The zero-order chi connectivity index (χ0) is 16.7. The highest BCUT2D eigenvalue weighted by atomic mass is 19.1. The van der Waals surface area contributed by atoms with E-state index in [9.17, 15) is 4.39 Å². The number of aliphatic imine (C=N–C) groups is 1. The molecule has 0 spiro atoms. The number of halogens is 1. The molecule has 1 aromatic carbocycles. The number of guanidine groups is 1. The van der Waals surface area contributed by atoms with Crippen LogP contribution in [0.2, 0.25) is 0 Å². The van der Waals surface area contributed by atoms with Crippen LogP contribution in [0.25, 0.3) is 0 Å². The van der Waals surface area contributed by atoms with Crippen LogP contribution in [-0.4, -0.2) is 44.1 Å². The molecule has 1 unspecified atom stereocenters. The lowest BCUT2D eigenvalue weighted by molar-refractivity contribution is 0.210. The third kappa shape index (κ3) is 5.82. The van der Waals surface area contributed by atoms with E-state index in [1.165, 1.54) is 19.4 Å². The van der Waals surface area contributed by atoms with Crippen LogP contribution in [0.3, 0.4) is 0 Å². The van der Waals surface area contributed by atoms with Crippen LogP contribution in [0.4, 0.5) is 4.39 Å². The first-order valence-corrected chi connectivity index (χ1v) is 8.54. The summed E-state index contributed by atoms with van der Waals surface area (Å²) in [6.07, 6.45) is 2.53. The summed E-state index contributed by atoms with van der Waals surface area (Å²) in [5.41, 5.74) is 1.56. The van der Waals surface area contributed by atoms with Crippen molar-refractivity contribution in [3.05, 3.63) is 35.1 Å². The first kappa shape index (κ1) is 17.7. The van der Waals surface area contributed by atoms with Gasteiger partial charge in [-0.25, -0.2) is 9.38 Å². The van der Waals surface area contributed by atoms with Crippen LogP contribution in [0.5, 0.6) is 0 Å². The molecular weight excluding hydrogens is 291 g/mol. The molecule has 4 nitrogen and oxygen atoms in total. The van der Waals surface area contributed by atoms with Crippen molar-refractivity contribution in [2.24, 2.45) is 10.9 Å². The van der Waals surface area contributed by atoms with Gasteiger partial charge in [0.1, 0.15) is 5.82 Å². The molecule has 23 heavy (non-hydrogen) atoms. The Morgan fingerprint density at radius 2 is 2.22 bits per heavy atom. The monoisotopic (exact) mass is 320 g/mol. The molecule has 2 rings (SSSR count). The summed E-state index contributed by atoms with van der Waals surface area (Å²) >= 11 is 0. The van der Waals surface area contributed by atoms with Gasteiger partial charge >= 0.3 is 0 Å². The summed E-state index contributed by atoms with van der Waals surface area (Å²) in [7, 11) is 2.18. The molecule has 2 N–H and O–H groups in total. The van der Waals surface area contributed by atoms with Crippen molar-refractivity contribution in [1.82, 2.24) is 15.5 Å². The Morgan fingerprint density at radius 3 is 2.91 bits per heavy atom. The van der Waals surface area contributed by atoms with Crippen molar-refractivity contribution >= 4 is 5.96 Å². The summed E-state index contributed by atoms with van der Waals surface area (Å²) in [5.74, 6) is 1.30. The standard InChI is InChI=1S/C18H29FN4/c1-4-20-18(22-12-16-6-5-9-23(3)13-16)21-11-15-8-7-14(2)17(19)10-15/h7-8,10,16H,4-6,9,11-13H2,1-3H3,(H2,20,21,22). The molecule has 0 amide bonds. The smallest absolute Gasteiger partial charge is 0.191 e. The second-order valence-corrected chi connectivity index (χ2v) is 6.43.